The third kappa shape index (κ3) is 2.75. The minimum Gasteiger partial charge on any atom is -0.492 e. The molecule has 0 aliphatic carbocycles. The number of benzene rings is 1. The molecule has 21 heavy (non-hydrogen) atoms. The zero-order chi connectivity index (χ0) is 14.8. The molecule has 0 aliphatic rings. The number of nitrogens with zero attached hydrogens (tertiary/aromatic N) is 2. The molecule has 0 atom stereocenters. The number of hydrogen-bond donors (Lipinski definition) is 1. The molecule has 0 unspecified atom stereocenters. The number of ether oxygens (including phenoxy) is 1. The van der Waals surface area contributed by atoms with Gasteiger partial charge < -0.3 is 10.5 Å². The van der Waals surface area contributed by atoms with Gasteiger partial charge in [-0.2, -0.15) is 0 Å². The van der Waals surface area contributed by atoms with Crippen LogP contribution in [0, 0.1) is 6.92 Å². The summed E-state index contributed by atoms with van der Waals surface area (Å²) >= 11 is 1.44. The highest BCUT2D eigenvalue weighted by Gasteiger charge is 2.08. The number of anilines is 1. The fourth-order valence-electron chi connectivity index (χ4n) is 2.05. The lowest BCUT2D eigenvalue weighted by atomic mass is 10.3. The highest BCUT2D eigenvalue weighted by atomic mass is 32.1. The number of aromatic nitrogens is 2. The summed E-state index contributed by atoms with van der Waals surface area (Å²) in [6.07, 6.45) is 1.58. The number of aryl methyl sites for hydroxylation is 1. The van der Waals surface area contributed by atoms with Gasteiger partial charge in [-0.15, -0.1) is 11.3 Å². The van der Waals surface area contributed by atoms with E-state index in [0.717, 1.165) is 16.8 Å². The zero-order valence-electron chi connectivity index (χ0n) is 11.6. The monoisotopic (exact) mass is 301 g/mol. The van der Waals surface area contributed by atoms with Crippen LogP contribution in [-0.2, 0) is 6.54 Å². The van der Waals surface area contributed by atoms with Gasteiger partial charge in [0, 0.05) is 5.69 Å². The van der Waals surface area contributed by atoms with E-state index in [9.17, 15) is 4.79 Å². The van der Waals surface area contributed by atoms with E-state index in [0.29, 0.717) is 23.5 Å². The lowest BCUT2D eigenvalue weighted by Gasteiger charge is -2.08. The van der Waals surface area contributed by atoms with Crippen LogP contribution in [0.25, 0.3) is 10.2 Å². The van der Waals surface area contributed by atoms with Crippen LogP contribution in [0.15, 0.2) is 40.8 Å². The smallest absolute Gasteiger partial charge is 0.271 e. The molecule has 2 N–H and O–H groups in total. The summed E-state index contributed by atoms with van der Waals surface area (Å²) in [7, 11) is 0. The molecule has 0 fully saturated rings. The first kappa shape index (κ1) is 13.6. The van der Waals surface area contributed by atoms with Gasteiger partial charge in [0.15, 0.2) is 0 Å². The summed E-state index contributed by atoms with van der Waals surface area (Å²) < 4.78 is 7.87. The van der Waals surface area contributed by atoms with Crippen molar-refractivity contribution in [2.45, 2.75) is 13.5 Å². The van der Waals surface area contributed by atoms with E-state index >= 15 is 0 Å². The topological polar surface area (TPSA) is 70.1 Å². The average Bonchev–Trinajstić information content (AvgIpc) is 2.86. The molecule has 1 aromatic carbocycles. The standard InChI is InChI=1S/C15H15N3O2S/c1-10-8-21-14-13(10)17-9-18(15(14)19)6-7-20-12-4-2-11(16)3-5-12/h2-5,8-9H,6-7,16H2,1H3. The molecule has 0 radical (unpaired) electrons. The van der Waals surface area contributed by atoms with Crippen LogP contribution in [0.4, 0.5) is 5.69 Å². The lowest BCUT2D eigenvalue weighted by Crippen LogP contribution is -2.22. The molecule has 5 nitrogen and oxygen atoms in total. The van der Waals surface area contributed by atoms with Gasteiger partial charge >= 0.3 is 0 Å². The number of thiophene rings is 1. The van der Waals surface area contributed by atoms with Gasteiger partial charge in [-0.1, -0.05) is 0 Å². The van der Waals surface area contributed by atoms with Crippen LogP contribution in [0.5, 0.6) is 5.75 Å². The Bertz CT molecular complexity index is 821. The highest BCUT2D eigenvalue weighted by Crippen LogP contribution is 2.19. The summed E-state index contributed by atoms with van der Waals surface area (Å²) in [6, 6.07) is 7.18. The summed E-state index contributed by atoms with van der Waals surface area (Å²) in [5.74, 6) is 0.734. The zero-order valence-corrected chi connectivity index (χ0v) is 12.4. The fourth-order valence-corrected chi connectivity index (χ4v) is 3.00. The van der Waals surface area contributed by atoms with Crippen LogP contribution in [-0.4, -0.2) is 16.2 Å². The molecule has 108 valence electrons. The van der Waals surface area contributed by atoms with Crippen molar-refractivity contribution in [3.8, 4) is 5.75 Å². The van der Waals surface area contributed by atoms with Crippen molar-refractivity contribution >= 4 is 27.2 Å². The van der Waals surface area contributed by atoms with E-state index in [-0.39, 0.29) is 5.56 Å². The minimum absolute atomic E-state index is 0.0148. The maximum absolute atomic E-state index is 12.3. The second-order valence-corrected chi connectivity index (χ2v) is 5.64. The molecule has 0 aliphatic heterocycles. The maximum atomic E-state index is 12.3. The van der Waals surface area contributed by atoms with Gasteiger partial charge in [-0.25, -0.2) is 4.98 Å². The Morgan fingerprint density at radius 1 is 1.33 bits per heavy atom. The van der Waals surface area contributed by atoms with Gasteiger partial charge in [0.05, 0.1) is 18.4 Å². The summed E-state index contributed by atoms with van der Waals surface area (Å²) in [4.78, 5) is 16.6. The quantitative estimate of drug-likeness (QED) is 0.751. The molecule has 0 spiro atoms. The number of rotatable bonds is 4. The number of fused-ring (bicyclic) bond motifs is 1. The molecular weight excluding hydrogens is 286 g/mol. The second-order valence-electron chi connectivity index (χ2n) is 4.76. The highest BCUT2D eigenvalue weighted by molar-refractivity contribution is 7.17. The predicted molar refractivity (Wildman–Crippen MR) is 85.0 cm³/mol. The van der Waals surface area contributed by atoms with Gasteiger partial charge in [0.1, 0.15) is 17.1 Å². The Labute approximate surface area is 125 Å². The summed E-state index contributed by atoms with van der Waals surface area (Å²) in [6.45, 7) is 2.82. The largest absolute Gasteiger partial charge is 0.492 e. The first-order valence-corrected chi connectivity index (χ1v) is 7.44. The van der Waals surface area contributed by atoms with Crippen molar-refractivity contribution in [1.82, 2.24) is 9.55 Å². The van der Waals surface area contributed by atoms with E-state index in [1.54, 1.807) is 23.0 Å². The van der Waals surface area contributed by atoms with Crippen molar-refractivity contribution < 1.29 is 4.74 Å². The van der Waals surface area contributed by atoms with Crippen LogP contribution in [0.1, 0.15) is 5.56 Å². The average molecular weight is 301 g/mol. The molecule has 0 saturated carbocycles. The lowest BCUT2D eigenvalue weighted by molar-refractivity contribution is 0.296. The maximum Gasteiger partial charge on any atom is 0.271 e. The van der Waals surface area contributed by atoms with Crippen molar-refractivity contribution in [3.63, 3.8) is 0 Å². The molecule has 0 saturated heterocycles. The number of nitrogens with two attached hydrogens (primary N) is 1. The van der Waals surface area contributed by atoms with Gasteiger partial charge in [0.2, 0.25) is 0 Å². The summed E-state index contributed by atoms with van der Waals surface area (Å²) in [5.41, 5.74) is 8.13. The molecule has 3 aromatic rings. The summed E-state index contributed by atoms with van der Waals surface area (Å²) in [5, 5.41) is 1.95. The Balaban J connectivity index is 1.72. The SMILES string of the molecule is Cc1csc2c(=O)n(CCOc3ccc(N)cc3)cnc12. The second kappa shape index (κ2) is 5.57. The van der Waals surface area contributed by atoms with E-state index in [1.165, 1.54) is 11.3 Å². The fraction of sp³-hybridized carbons (Fsp3) is 0.200. The van der Waals surface area contributed by atoms with Crippen molar-refractivity contribution in [2.75, 3.05) is 12.3 Å². The first-order valence-electron chi connectivity index (χ1n) is 6.57. The van der Waals surface area contributed by atoms with Gasteiger partial charge in [0.25, 0.3) is 5.56 Å². The van der Waals surface area contributed by atoms with E-state index in [4.69, 9.17) is 10.5 Å². The van der Waals surface area contributed by atoms with Gasteiger partial charge in [-0.3, -0.25) is 9.36 Å². The number of hydrogen-bond acceptors (Lipinski definition) is 5. The van der Waals surface area contributed by atoms with Crippen molar-refractivity contribution in [2.24, 2.45) is 0 Å². The van der Waals surface area contributed by atoms with Crippen LogP contribution < -0.4 is 16.0 Å². The minimum atomic E-state index is -0.0148. The van der Waals surface area contributed by atoms with Crippen molar-refractivity contribution in [3.05, 3.63) is 51.9 Å². The molecular formula is C15H15N3O2S. The molecule has 0 bridgehead atoms. The van der Waals surface area contributed by atoms with Crippen molar-refractivity contribution in [1.29, 1.82) is 0 Å². The molecule has 6 heteroatoms. The molecule has 2 heterocycles. The normalized spacial score (nSPS) is 10.9. The van der Waals surface area contributed by atoms with E-state index < -0.39 is 0 Å². The Kier molecular flexibility index (Phi) is 3.62. The Morgan fingerprint density at radius 3 is 2.86 bits per heavy atom. The van der Waals surface area contributed by atoms with Crippen LogP contribution in [0.3, 0.4) is 0 Å². The first-order chi connectivity index (χ1) is 10.1. The van der Waals surface area contributed by atoms with E-state index in [2.05, 4.69) is 4.98 Å². The van der Waals surface area contributed by atoms with Crippen LogP contribution in [0.2, 0.25) is 0 Å². The molecule has 0 amide bonds. The third-order valence-corrected chi connectivity index (χ3v) is 4.28. The van der Waals surface area contributed by atoms with Gasteiger partial charge in [-0.05, 0) is 42.1 Å². The Hall–Kier alpha value is -2.34. The Morgan fingerprint density at radius 2 is 2.10 bits per heavy atom. The number of nitrogen functional groups attached to an aromatic ring is 1. The third-order valence-electron chi connectivity index (χ3n) is 3.20. The van der Waals surface area contributed by atoms with E-state index in [1.807, 2.05) is 24.4 Å². The molecule has 2 aromatic heterocycles. The predicted octanol–water partition coefficient (Wildman–Crippen LogP) is 2.43. The molecule has 3 rings (SSSR count). The van der Waals surface area contributed by atoms with Crippen LogP contribution >= 0.6 is 11.3 Å².